The van der Waals surface area contributed by atoms with Crippen LogP contribution in [0.5, 0.6) is 0 Å². The van der Waals surface area contributed by atoms with Crippen LogP contribution in [0, 0.1) is 6.92 Å². The normalized spacial score (nSPS) is 14.5. The fourth-order valence-electron chi connectivity index (χ4n) is 5.18. The highest BCUT2D eigenvalue weighted by molar-refractivity contribution is 6.29. The van der Waals surface area contributed by atoms with Crippen LogP contribution >= 0.6 is 11.6 Å². The van der Waals surface area contributed by atoms with Crippen LogP contribution in [0.25, 0.3) is 16.6 Å². The van der Waals surface area contributed by atoms with Crippen molar-refractivity contribution in [3.05, 3.63) is 95.4 Å². The van der Waals surface area contributed by atoms with Gasteiger partial charge in [-0.1, -0.05) is 53.2 Å². The molecular weight excluding hydrogens is 556 g/mol. The number of hydrogen-bond acceptors (Lipinski definition) is 6. The minimum absolute atomic E-state index is 0.200. The molecule has 6 rings (SSSR count). The molecule has 12 heteroatoms. The number of aryl methyl sites for hydroxylation is 2. The smallest absolute Gasteiger partial charge is 0.247 e. The van der Waals surface area contributed by atoms with Crippen molar-refractivity contribution >= 4 is 51.6 Å². The number of anilines is 2. The highest BCUT2D eigenvalue weighted by Gasteiger charge is 2.39. The fraction of sp³-hybridized carbons (Fsp3) is 0.200. The van der Waals surface area contributed by atoms with E-state index in [4.69, 9.17) is 11.6 Å². The predicted molar refractivity (Wildman–Crippen MR) is 158 cm³/mol. The molecule has 1 aliphatic rings. The summed E-state index contributed by atoms with van der Waals surface area (Å²) in [5, 5.41) is 16.3. The van der Waals surface area contributed by atoms with Gasteiger partial charge in [0.05, 0.1) is 23.1 Å². The molecule has 2 aromatic heterocycles. The van der Waals surface area contributed by atoms with Gasteiger partial charge in [-0.2, -0.15) is 5.10 Å². The van der Waals surface area contributed by atoms with Gasteiger partial charge in [-0.15, -0.1) is 5.10 Å². The van der Waals surface area contributed by atoms with E-state index in [0.29, 0.717) is 17.1 Å². The Balaban J connectivity index is 1.29. The van der Waals surface area contributed by atoms with Crippen LogP contribution in [0.3, 0.4) is 0 Å². The third-order valence-corrected chi connectivity index (χ3v) is 7.36. The Morgan fingerprint density at radius 1 is 0.976 bits per heavy atom. The third kappa shape index (κ3) is 5.46. The average molecular weight is 583 g/mol. The molecule has 0 radical (unpaired) electrons. The molecule has 0 spiro atoms. The lowest BCUT2D eigenvalue weighted by Gasteiger charge is -2.38. The molecule has 212 valence electrons. The van der Waals surface area contributed by atoms with E-state index in [1.54, 1.807) is 16.8 Å². The van der Waals surface area contributed by atoms with E-state index in [-0.39, 0.29) is 42.4 Å². The zero-order valence-electron chi connectivity index (χ0n) is 22.9. The number of carbonyl (C=O) groups is 3. The van der Waals surface area contributed by atoms with Crippen LogP contribution in [0.2, 0.25) is 5.15 Å². The number of rotatable bonds is 7. The van der Waals surface area contributed by atoms with Crippen LogP contribution < -0.4 is 10.2 Å². The Morgan fingerprint density at radius 3 is 2.55 bits per heavy atom. The summed E-state index contributed by atoms with van der Waals surface area (Å²) in [6.07, 6.45) is 3.63. The number of piperazine rings is 1. The van der Waals surface area contributed by atoms with Gasteiger partial charge in [0.15, 0.2) is 5.15 Å². The van der Waals surface area contributed by atoms with Crippen molar-refractivity contribution in [2.45, 2.75) is 19.4 Å². The van der Waals surface area contributed by atoms with Gasteiger partial charge in [-0.05, 0) is 48.4 Å². The number of aromatic nitrogens is 5. The summed E-state index contributed by atoms with van der Waals surface area (Å²) >= 11 is 5.99. The summed E-state index contributed by atoms with van der Waals surface area (Å²) in [6.45, 7) is 1.39. The molecule has 11 nitrogen and oxygen atoms in total. The van der Waals surface area contributed by atoms with E-state index in [2.05, 4.69) is 20.7 Å². The van der Waals surface area contributed by atoms with Gasteiger partial charge in [0, 0.05) is 30.7 Å². The van der Waals surface area contributed by atoms with Gasteiger partial charge in [0.2, 0.25) is 17.7 Å². The lowest BCUT2D eigenvalue weighted by molar-refractivity contribution is -0.143. The number of nitrogens with zero attached hydrogens (tertiary/aromatic N) is 7. The molecule has 0 aliphatic carbocycles. The lowest BCUT2D eigenvalue weighted by Crippen LogP contribution is -2.60. The highest BCUT2D eigenvalue weighted by atomic mass is 35.5. The maximum absolute atomic E-state index is 13.8. The Kier molecular flexibility index (Phi) is 7.17. The van der Waals surface area contributed by atoms with Gasteiger partial charge in [0.25, 0.3) is 0 Å². The second-order valence-electron chi connectivity index (χ2n) is 10.3. The first-order valence-electron chi connectivity index (χ1n) is 13.3. The first kappa shape index (κ1) is 27.2. The molecule has 1 aliphatic heterocycles. The van der Waals surface area contributed by atoms with Crippen LogP contribution in [0.15, 0.2) is 79.1 Å². The van der Waals surface area contributed by atoms with Crippen molar-refractivity contribution in [1.29, 1.82) is 0 Å². The van der Waals surface area contributed by atoms with Crippen molar-refractivity contribution in [2.75, 3.05) is 23.3 Å². The number of hydrogen-bond donors (Lipinski definition) is 1. The first-order chi connectivity index (χ1) is 20.2. The Hall–Kier alpha value is -5.03. The Bertz CT molecular complexity index is 1820. The third-order valence-electron chi connectivity index (χ3n) is 7.19. The number of amides is 3. The molecule has 1 unspecified atom stereocenters. The monoisotopic (exact) mass is 582 g/mol. The SMILES string of the molecule is Cc1ccc(-n2cc(Cl)nn2)c(N2CC(=O)N(C(Cc3ccccc3)C(=O)Nc3ccc4nn(C)cc4c3)CC2=O)c1. The van der Waals surface area contributed by atoms with E-state index in [9.17, 15) is 14.4 Å². The average Bonchev–Trinajstić information content (AvgIpc) is 3.57. The van der Waals surface area contributed by atoms with Crippen LogP contribution in [-0.4, -0.2) is 66.5 Å². The van der Waals surface area contributed by atoms with Crippen molar-refractivity contribution in [2.24, 2.45) is 7.05 Å². The first-order valence-corrected chi connectivity index (χ1v) is 13.7. The molecule has 5 aromatic rings. The number of benzene rings is 3. The highest BCUT2D eigenvalue weighted by Crippen LogP contribution is 2.29. The van der Waals surface area contributed by atoms with Crippen LogP contribution in [0.4, 0.5) is 11.4 Å². The largest absolute Gasteiger partial charge is 0.324 e. The summed E-state index contributed by atoms with van der Waals surface area (Å²) in [5.41, 5.74) is 4.20. The van der Waals surface area contributed by atoms with Gasteiger partial charge in [0.1, 0.15) is 19.1 Å². The summed E-state index contributed by atoms with van der Waals surface area (Å²) in [7, 11) is 1.83. The number of carbonyl (C=O) groups excluding carboxylic acids is 3. The Labute approximate surface area is 246 Å². The molecule has 3 aromatic carbocycles. The molecule has 1 saturated heterocycles. The van der Waals surface area contributed by atoms with Gasteiger partial charge in [-0.3, -0.25) is 24.0 Å². The van der Waals surface area contributed by atoms with E-state index >= 15 is 0 Å². The maximum Gasteiger partial charge on any atom is 0.247 e. The molecular formula is C30H27ClN8O3. The van der Waals surface area contributed by atoms with E-state index in [0.717, 1.165) is 22.0 Å². The summed E-state index contributed by atoms with van der Waals surface area (Å²) in [4.78, 5) is 43.9. The maximum atomic E-state index is 13.8. The van der Waals surface area contributed by atoms with Gasteiger partial charge < -0.3 is 10.2 Å². The van der Waals surface area contributed by atoms with Crippen molar-refractivity contribution in [3.8, 4) is 5.69 Å². The molecule has 42 heavy (non-hydrogen) atoms. The van der Waals surface area contributed by atoms with Crippen molar-refractivity contribution in [3.63, 3.8) is 0 Å². The standard InChI is InChI=1S/C30H27ClN8O3/c1-19-8-11-24(39-16-27(31)33-35-39)25(12-19)37-17-29(41)38(18-28(37)40)26(13-20-6-4-3-5-7-20)30(42)32-22-9-10-23-21(14-22)15-36(2)34-23/h3-12,14-16,26H,13,17-18H2,1-2H3,(H,32,42). The Morgan fingerprint density at radius 2 is 1.79 bits per heavy atom. The van der Waals surface area contributed by atoms with E-state index in [1.807, 2.05) is 74.8 Å². The summed E-state index contributed by atoms with van der Waals surface area (Å²) < 4.78 is 3.17. The zero-order chi connectivity index (χ0) is 29.4. The molecule has 3 amide bonds. The number of fused-ring (bicyclic) bond motifs is 1. The molecule has 0 saturated carbocycles. The van der Waals surface area contributed by atoms with Crippen molar-refractivity contribution < 1.29 is 14.4 Å². The van der Waals surface area contributed by atoms with Gasteiger partial charge >= 0.3 is 0 Å². The minimum Gasteiger partial charge on any atom is -0.324 e. The lowest BCUT2D eigenvalue weighted by atomic mass is 10.0. The van der Waals surface area contributed by atoms with Gasteiger partial charge in [-0.25, -0.2) is 4.68 Å². The molecule has 1 fully saturated rings. The quantitative estimate of drug-likeness (QED) is 0.314. The molecule has 0 bridgehead atoms. The van der Waals surface area contributed by atoms with Crippen molar-refractivity contribution in [1.82, 2.24) is 29.7 Å². The molecule has 1 N–H and O–H groups in total. The van der Waals surface area contributed by atoms with Crippen LogP contribution in [-0.2, 0) is 27.9 Å². The fourth-order valence-corrected chi connectivity index (χ4v) is 5.30. The summed E-state index contributed by atoms with van der Waals surface area (Å²) in [5.74, 6) is -1.06. The zero-order valence-corrected chi connectivity index (χ0v) is 23.7. The topological polar surface area (TPSA) is 118 Å². The number of halogens is 1. The second kappa shape index (κ2) is 11.1. The minimum atomic E-state index is -0.915. The molecule has 3 heterocycles. The van der Waals surface area contributed by atoms with E-state index in [1.165, 1.54) is 20.7 Å². The van der Waals surface area contributed by atoms with Crippen LogP contribution in [0.1, 0.15) is 11.1 Å². The predicted octanol–water partition coefficient (Wildman–Crippen LogP) is 3.54. The summed E-state index contributed by atoms with van der Waals surface area (Å²) in [6, 6.07) is 19.4. The molecule has 1 atom stereocenters. The number of nitrogens with one attached hydrogen (secondary N) is 1. The second-order valence-corrected chi connectivity index (χ2v) is 10.6. The van der Waals surface area contributed by atoms with E-state index < -0.39 is 6.04 Å².